The van der Waals surface area contributed by atoms with Crippen molar-refractivity contribution in [1.82, 2.24) is 38.2 Å². The van der Waals surface area contributed by atoms with Crippen LogP contribution in [-0.2, 0) is 0 Å². The van der Waals surface area contributed by atoms with E-state index < -0.39 is 0 Å². The monoisotopic (exact) mass is 1120 g/mol. The van der Waals surface area contributed by atoms with Crippen LogP contribution < -0.4 is 0 Å². The third-order valence-electron chi connectivity index (χ3n) is 17.6. The van der Waals surface area contributed by atoms with Crippen LogP contribution in [0, 0.1) is 0 Å². The molecule has 0 saturated heterocycles. The van der Waals surface area contributed by atoms with Crippen molar-refractivity contribution < 1.29 is 0 Å². The Labute approximate surface area is 505 Å². The fourth-order valence-corrected chi connectivity index (χ4v) is 13.7. The molecule has 12 aromatic carbocycles. The summed E-state index contributed by atoms with van der Waals surface area (Å²) in [6.07, 6.45) is 0. The standard InChI is InChI=1S/C80H50N8/c1-9-37-71-59(29-1)60-30-2-10-38-72(60)85(71)55-25-17-21-51(45-55)67-49-68(52-22-18-26-56(46-52)86-73-39-11-3-31-61(73)62-32-4-12-40-74(62)86)82-79(81-67)80-83-69(53-23-19-27-57(47-53)87-75-41-13-5-33-63(75)64-34-6-14-42-76(64)87)50-70(84-80)54-24-20-28-58(48-54)88-77-43-15-7-35-65(77)66-36-8-16-44-78(66)88/h1-50H. The second-order valence-corrected chi connectivity index (χ2v) is 22.6. The minimum Gasteiger partial charge on any atom is -0.309 e. The summed E-state index contributed by atoms with van der Waals surface area (Å²) in [5.41, 5.74) is 19.8. The second-order valence-electron chi connectivity index (χ2n) is 22.6. The molecule has 0 aliphatic rings. The molecular formula is C80H50N8. The Morgan fingerprint density at radius 3 is 0.545 bits per heavy atom. The summed E-state index contributed by atoms with van der Waals surface area (Å²) in [5, 5.41) is 9.61. The zero-order chi connectivity index (χ0) is 57.8. The van der Waals surface area contributed by atoms with Gasteiger partial charge in [0.1, 0.15) is 0 Å². The van der Waals surface area contributed by atoms with Crippen LogP contribution in [0.2, 0.25) is 0 Å². The lowest BCUT2D eigenvalue weighted by Crippen LogP contribution is -2.03. The van der Waals surface area contributed by atoms with Crippen LogP contribution in [0.5, 0.6) is 0 Å². The van der Waals surface area contributed by atoms with E-state index >= 15 is 0 Å². The fraction of sp³-hybridized carbons (Fsp3) is 0. The van der Waals surface area contributed by atoms with Crippen molar-refractivity contribution >= 4 is 87.2 Å². The van der Waals surface area contributed by atoms with Crippen molar-refractivity contribution in [3.8, 4) is 79.4 Å². The number of fused-ring (bicyclic) bond motifs is 12. The SMILES string of the molecule is c1cc(-c2cc(-c3cccc(-n4c5ccccc5c5ccccc54)c3)nc(-c3nc(-c4cccc(-n5c6ccccc6c6ccccc65)c4)cc(-c4cccc(-n5c6ccccc6c6ccccc65)c4)n3)n2)cc(-n2c3ccccc3c3ccccc32)c1. The summed E-state index contributed by atoms with van der Waals surface area (Å²) in [7, 11) is 0. The topological polar surface area (TPSA) is 71.3 Å². The molecular weight excluding hydrogens is 1070 g/mol. The molecule has 0 bridgehead atoms. The molecule has 0 atom stereocenters. The van der Waals surface area contributed by atoms with Crippen molar-refractivity contribution in [3.05, 3.63) is 303 Å². The highest BCUT2D eigenvalue weighted by Gasteiger charge is 2.22. The number of para-hydroxylation sites is 8. The van der Waals surface area contributed by atoms with E-state index in [0.717, 1.165) is 112 Å². The first kappa shape index (κ1) is 49.4. The van der Waals surface area contributed by atoms with Gasteiger partial charge >= 0.3 is 0 Å². The van der Waals surface area contributed by atoms with E-state index in [9.17, 15) is 0 Å². The number of hydrogen-bond acceptors (Lipinski definition) is 4. The largest absolute Gasteiger partial charge is 0.309 e. The van der Waals surface area contributed by atoms with Gasteiger partial charge in [0, 0.05) is 88.1 Å². The van der Waals surface area contributed by atoms with Gasteiger partial charge in [0.25, 0.3) is 0 Å². The van der Waals surface area contributed by atoms with Gasteiger partial charge in [-0.3, -0.25) is 0 Å². The third-order valence-corrected chi connectivity index (χ3v) is 17.6. The smallest absolute Gasteiger partial charge is 0.198 e. The average molecular weight is 1120 g/mol. The zero-order valence-electron chi connectivity index (χ0n) is 47.4. The van der Waals surface area contributed by atoms with Crippen LogP contribution in [-0.4, -0.2) is 38.2 Å². The Morgan fingerprint density at radius 1 is 0.170 bits per heavy atom. The Balaban J connectivity index is 0.866. The molecule has 0 aliphatic heterocycles. The maximum absolute atomic E-state index is 5.56. The van der Waals surface area contributed by atoms with Gasteiger partial charge in [0.05, 0.1) is 66.9 Å². The van der Waals surface area contributed by atoms with E-state index in [0.29, 0.717) is 11.6 Å². The summed E-state index contributed by atoms with van der Waals surface area (Å²) < 4.78 is 9.41. The van der Waals surface area contributed by atoms with Crippen LogP contribution in [0.3, 0.4) is 0 Å². The predicted octanol–water partition coefficient (Wildman–Crippen LogP) is 20.0. The minimum atomic E-state index is 0.400. The van der Waals surface area contributed by atoms with E-state index in [1.165, 1.54) is 43.1 Å². The van der Waals surface area contributed by atoms with Crippen molar-refractivity contribution in [2.24, 2.45) is 0 Å². The summed E-state index contributed by atoms with van der Waals surface area (Å²) in [4.78, 5) is 22.3. The van der Waals surface area contributed by atoms with E-state index in [1.807, 2.05) is 0 Å². The molecule has 18 rings (SSSR count). The van der Waals surface area contributed by atoms with E-state index in [-0.39, 0.29) is 0 Å². The molecule has 8 heteroatoms. The number of aromatic nitrogens is 8. The molecule has 0 fully saturated rings. The molecule has 410 valence electrons. The van der Waals surface area contributed by atoms with E-state index in [2.05, 4.69) is 322 Å². The molecule has 6 aromatic heterocycles. The number of nitrogens with zero attached hydrogens (tertiary/aromatic N) is 8. The molecule has 88 heavy (non-hydrogen) atoms. The molecule has 6 heterocycles. The Hall–Kier alpha value is -12.0. The Kier molecular flexibility index (Phi) is 11.1. The van der Waals surface area contributed by atoms with Crippen LogP contribution in [0.25, 0.3) is 167 Å². The first-order chi connectivity index (χ1) is 43.6. The average Bonchev–Trinajstić information content (AvgIpc) is 1.97. The van der Waals surface area contributed by atoms with Gasteiger partial charge in [-0.15, -0.1) is 0 Å². The highest BCUT2D eigenvalue weighted by molar-refractivity contribution is 6.12. The maximum atomic E-state index is 5.56. The van der Waals surface area contributed by atoms with Crippen LogP contribution >= 0.6 is 0 Å². The number of benzene rings is 12. The first-order valence-electron chi connectivity index (χ1n) is 29.8. The van der Waals surface area contributed by atoms with Crippen molar-refractivity contribution in [2.45, 2.75) is 0 Å². The molecule has 0 unspecified atom stereocenters. The highest BCUT2D eigenvalue weighted by atomic mass is 15.0. The number of rotatable bonds is 9. The van der Waals surface area contributed by atoms with Gasteiger partial charge in [0.2, 0.25) is 0 Å². The molecule has 0 spiro atoms. The molecule has 0 aliphatic carbocycles. The molecule has 0 N–H and O–H groups in total. The quantitative estimate of drug-likeness (QED) is 0.144. The van der Waals surface area contributed by atoms with Gasteiger partial charge in [-0.25, -0.2) is 19.9 Å². The summed E-state index contributed by atoms with van der Waals surface area (Å²) >= 11 is 0. The van der Waals surface area contributed by atoms with Crippen molar-refractivity contribution in [3.63, 3.8) is 0 Å². The second kappa shape index (κ2) is 19.8. The minimum absolute atomic E-state index is 0.400. The van der Waals surface area contributed by atoms with Crippen LogP contribution in [0.15, 0.2) is 303 Å². The molecule has 18 aromatic rings. The molecule has 8 nitrogen and oxygen atoms in total. The van der Waals surface area contributed by atoms with Gasteiger partial charge in [-0.1, -0.05) is 194 Å². The third kappa shape index (κ3) is 7.86. The summed E-state index contributed by atoms with van der Waals surface area (Å²) in [6, 6.07) is 108. The van der Waals surface area contributed by atoms with E-state index in [1.54, 1.807) is 0 Å². The molecule has 0 amide bonds. The van der Waals surface area contributed by atoms with Gasteiger partial charge in [-0.05, 0) is 109 Å². The lowest BCUT2D eigenvalue weighted by molar-refractivity contribution is 1.08. The maximum Gasteiger partial charge on any atom is 0.198 e. The summed E-state index contributed by atoms with van der Waals surface area (Å²) in [5.74, 6) is 0.800. The number of hydrogen-bond donors (Lipinski definition) is 0. The van der Waals surface area contributed by atoms with Crippen LogP contribution in [0.1, 0.15) is 0 Å². The lowest BCUT2D eigenvalue weighted by Gasteiger charge is -2.15. The van der Waals surface area contributed by atoms with Gasteiger partial charge in [-0.2, -0.15) is 0 Å². The van der Waals surface area contributed by atoms with Gasteiger partial charge < -0.3 is 18.3 Å². The highest BCUT2D eigenvalue weighted by Crippen LogP contribution is 2.40. The van der Waals surface area contributed by atoms with Gasteiger partial charge in [0.15, 0.2) is 11.6 Å². The lowest BCUT2D eigenvalue weighted by atomic mass is 10.0. The summed E-state index contributed by atoms with van der Waals surface area (Å²) in [6.45, 7) is 0. The Morgan fingerprint density at radius 2 is 0.352 bits per heavy atom. The predicted molar refractivity (Wildman–Crippen MR) is 362 cm³/mol. The van der Waals surface area contributed by atoms with E-state index in [4.69, 9.17) is 19.9 Å². The zero-order valence-corrected chi connectivity index (χ0v) is 47.4. The first-order valence-corrected chi connectivity index (χ1v) is 29.8. The fourth-order valence-electron chi connectivity index (χ4n) is 13.7. The van der Waals surface area contributed by atoms with Crippen molar-refractivity contribution in [2.75, 3.05) is 0 Å². The molecule has 0 radical (unpaired) electrons. The van der Waals surface area contributed by atoms with Crippen LogP contribution in [0.4, 0.5) is 0 Å². The Bertz CT molecular complexity index is 4930. The molecule has 0 saturated carbocycles. The van der Waals surface area contributed by atoms with Crippen molar-refractivity contribution in [1.29, 1.82) is 0 Å². The normalized spacial score (nSPS) is 11.9.